The van der Waals surface area contributed by atoms with Gasteiger partial charge in [-0.1, -0.05) is 30.3 Å². The van der Waals surface area contributed by atoms with Gasteiger partial charge in [0.2, 0.25) is 0 Å². The number of nitrogens with one attached hydrogen (secondary N) is 1. The van der Waals surface area contributed by atoms with Gasteiger partial charge in [-0.05, 0) is 37.5 Å². The molecule has 0 bridgehead atoms. The molecule has 0 radical (unpaired) electrons. The number of hydrogen-bond donors (Lipinski definition) is 1. The number of imidazole rings is 1. The number of rotatable bonds is 2. The molecule has 0 aliphatic heterocycles. The molecule has 1 saturated carbocycles. The minimum Gasteiger partial charge on any atom is -0.340 e. The zero-order valence-corrected chi connectivity index (χ0v) is 10.9. The highest BCUT2D eigenvalue weighted by atomic mass is 15.0. The average Bonchev–Trinajstić information content (AvgIpc) is 3.14. The van der Waals surface area contributed by atoms with Crippen molar-refractivity contribution in [1.29, 1.82) is 0 Å². The summed E-state index contributed by atoms with van der Waals surface area (Å²) in [5.41, 5.74) is 4.32. The molecule has 3 heteroatoms. The zero-order chi connectivity index (χ0) is 12.9. The minimum absolute atomic E-state index is 0.0931. The summed E-state index contributed by atoms with van der Waals surface area (Å²) in [7, 11) is 0. The first-order valence-electron chi connectivity index (χ1n) is 6.67. The van der Waals surface area contributed by atoms with E-state index in [2.05, 4.69) is 46.4 Å². The van der Waals surface area contributed by atoms with Crippen molar-refractivity contribution in [2.75, 3.05) is 0 Å². The van der Waals surface area contributed by atoms with E-state index in [4.69, 9.17) is 4.98 Å². The predicted molar refractivity (Wildman–Crippen MR) is 75.1 cm³/mol. The predicted octanol–water partition coefficient (Wildman–Crippen LogP) is 3.35. The van der Waals surface area contributed by atoms with Crippen LogP contribution < -0.4 is 0 Å². The van der Waals surface area contributed by atoms with Gasteiger partial charge in [0.15, 0.2) is 5.65 Å². The lowest BCUT2D eigenvalue weighted by atomic mass is 9.95. The van der Waals surface area contributed by atoms with Crippen molar-refractivity contribution >= 4 is 11.2 Å². The van der Waals surface area contributed by atoms with E-state index in [9.17, 15) is 0 Å². The van der Waals surface area contributed by atoms with Crippen LogP contribution in [-0.2, 0) is 5.41 Å². The monoisotopic (exact) mass is 249 g/mol. The van der Waals surface area contributed by atoms with Crippen molar-refractivity contribution in [2.45, 2.75) is 25.2 Å². The van der Waals surface area contributed by atoms with E-state index in [1.54, 1.807) is 0 Å². The first kappa shape index (κ1) is 10.7. The number of pyridine rings is 1. The molecule has 1 aromatic carbocycles. The van der Waals surface area contributed by atoms with Gasteiger partial charge in [-0.25, -0.2) is 9.97 Å². The minimum atomic E-state index is 0.0931. The summed E-state index contributed by atoms with van der Waals surface area (Å²) in [5, 5.41) is 0. The van der Waals surface area contributed by atoms with Crippen molar-refractivity contribution in [1.82, 2.24) is 15.0 Å². The Bertz CT molecular complexity index is 739. The molecule has 0 amide bonds. The van der Waals surface area contributed by atoms with Gasteiger partial charge in [-0.3, -0.25) is 0 Å². The standard InChI is InChI=1S/C16H15N3/c1-11-7-8-13-14(17-11)19-15(18-13)16(9-10-16)12-5-3-2-4-6-12/h2-8H,9-10H2,1H3,(H,17,18,19). The number of aromatic amines is 1. The molecule has 2 heterocycles. The van der Waals surface area contributed by atoms with Gasteiger partial charge < -0.3 is 4.98 Å². The summed E-state index contributed by atoms with van der Waals surface area (Å²) < 4.78 is 0. The molecule has 0 spiro atoms. The molecule has 0 saturated heterocycles. The summed E-state index contributed by atoms with van der Waals surface area (Å²) in [6.07, 6.45) is 2.33. The third kappa shape index (κ3) is 1.58. The fourth-order valence-electron chi connectivity index (χ4n) is 2.76. The topological polar surface area (TPSA) is 41.6 Å². The lowest BCUT2D eigenvalue weighted by molar-refractivity contribution is 0.778. The summed E-state index contributed by atoms with van der Waals surface area (Å²) in [4.78, 5) is 12.7. The highest BCUT2D eigenvalue weighted by Gasteiger charge is 2.48. The molecule has 3 nitrogen and oxygen atoms in total. The van der Waals surface area contributed by atoms with Gasteiger partial charge in [0.1, 0.15) is 5.82 Å². The van der Waals surface area contributed by atoms with Crippen molar-refractivity contribution in [2.24, 2.45) is 0 Å². The molecule has 3 aromatic rings. The van der Waals surface area contributed by atoms with Crippen LogP contribution in [0, 0.1) is 6.92 Å². The highest BCUT2D eigenvalue weighted by molar-refractivity contribution is 5.71. The first-order valence-corrected chi connectivity index (χ1v) is 6.67. The van der Waals surface area contributed by atoms with Crippen LogP contribution in [0.1, 0.15) is 29.9 Å². The Morgan fingerprint density at radius 2 is 1.79 bits per heavy atom. The Labute approximate surface area is 111 Å². The molecule has 2 aromatic heterocycles. The first-order chi connectivity index (χ1) is 9.28. The largest absolute Gasteiger partial charge is 0.340 e. The SMILES string of the molecule is Cc1ccc2[nH]c(C3(c4ccccc4)CC3)nc2n1. The van der Waals surface area contributed by atoms with Crippen LogP contribution in [0.15, 0.2) is 42.5 Å². The lowest BCUT2D eigenvalue weighted by Crippen LogP contribution is -2.10. The molecule has 1 fully saturated rings. The van der Waals surface area contributed by atoms with Crippen LogP contribution in [0.25, 0.3) is 11.2 Å². The van der Waals surface area contributed by atoms with E-state index in [1.807, 2.05) is 13.0 Å². The van der Waals surface area contributed by atoms with Crippen LogP contribution in [0.3, 0.4) is 0 Å². The normalized spacial score (nSPS) is 16.7. The number of aryl methyl sites for hydroxylation is 1. The smallest absolute Gasteiger partial charge is 0.177 e. The molecule has 1 aliphatic carbocycles. The molecule has 0 unspecified atom stereocenters. The molecule has 4 rings (SSSR count). The van der Waals surface area contributed by atoms with E-state index < -0.39 is 0 Å². The number of nitrogens with zero attached hydrogens (tertiary/aromatic N) is 2. The van der Waals surface area contributed by atoms with Crippen molar-refractivity contribution < 1.29 is 0 Å². The van der Waals surface area contributed by atoms with Crippen molar-refractivity contribution in [3.05, 3.63) is 59.5 Å². The van der Waals surface area contributed by atoms with Crippen LogP contribution in [-0.4, -0.2) is 15.0 Å². The summed E-state index contributed by atoms with van der Waals surface area (Å²) in [5.74, 6) is 1.06. The van der Waals surface area contributed by atoms with E-state index in [0.29, 0.717) is 0 Å². The van der Waals surface area contributed by atoms with E-state index in [0.717, 1.165) is 35.5 Å². The Kier molecular flexibility index (Phi) is 2.07. The molecule has 1 aliphatic rings. The maximum atomic E-state index is 4.72. The van der Waals surface area contributed by atoms with Crippen LogP contribution in [0.5, 0.6) is 0 Å². The van der Waals surface area contributed by atoms with E-state index in [1.165, 1.54) is 5.56 Å². The molecule has 94 valence electrons. The Morgan fingerprint density at radius 3 is 2.53 bits per heavy atom. The summed E-state index contributed by atoms with van der Waals surface area (Å²) in [6, 6.07) is 14.7. The Hall–Kier alpha value is -2.16. The van der Waals surface area contributed by atoms with Crippen molar-refractivity contribution in [3.63, 3.8) is 0 Å². The highest BCUT2D eigenvalue weighted by Crippen LogP contribution is 2.52. The maximum absolute atomic E-state index is 4.72. The molecule has 19 heavy (non-hydrogen) atoms. The Balaban J connectivity index is 1.86. The second-order valence-electron chi connectivity index (χ2n) is 5.36. The number of hydrogen-bond acceptors (Lipinski definition) is 2. The quantitative estimate of drug-likeness (QED) is 0.756. The van der Waals surface area contributed by atoms with Crippen LogP contribution in [0.2, 0.25) is 0 Å². The van der Waals surface area contributed by atoms with Crippen molar-refractivity contribution in [3.8, 4) is 0 Å². The fourth-order valence-corrected chi connectivity index (χ4v) is 2.76. The van der Waals surface area contributed by atoms with Gasteiger partial charge in [-0.2, -0.15) is 0 Å². The molecule has 1 N–H and O–H groups in total. The second kappa shape index (κ2) is 3.67. The number of fused-ring (bicyclic) bond motifs is 1. The van der Waals surface area contributed by atoms with E-state index >= 15 is 0 Å². The third-order valence-corrected chi connectivity index (χ3v) is 4.01. The molecular weight excluding hydrogens is 234 g/mol. The lowest BCUT2D eigenvalue weighted by Gasteiger charge is -2.12. The molecular formula is C16H15N3. The number of aromatic nitrogens is 3. The van der Waals surface area contributed by atoms with Crippen LogP contribution in [0.4, 0.5) is 0 Å². The van der Waals surface area contributed by atoms with Gasteiger partial charge >= 0.3 is 0 Å². The second-order valence-corrected chi connectivity index (χ2v) is 5.36. The van der Waals surface area contributed by atoms with E-state index in [-0.39, 0.29) is 5.41 Å². The van der Waals surface area contributed by atoms with Gasteiger partial charge in [0.05, 0.1) is 10.9 Å². The number of H-pyrrole nitrogens is 1. The average molecular weight is 249 g/mol. The van der Waals surface area contributed by atoms with Gasteiger partial charge in [-0.15, -0.1) is 0 Å². The summed E-state index contributed by atoms with van der Waals surface area (Å²) >= 11 is 0. The zero-order valence-electron chi connectivity index (χ0n) is 10.9. The maximum Gasteiger partial charge on any atom is 0.177 e. The summed E-state index contributed by atoms with van der Waals surface area (Å²) in [6.45, 7) is 2.00. The molecule has 0 atom stereocenters. The van der Waals surface area contributed by atoms with Gasteiger partial charge in [0, 0.05) is 5.69 Å². The van der Waals surface area contributed by atoms with Gasteiger partial charge in [0.25, 0.3) is 0 Å². The fraction of sp³-hybridized carbons (Fsp3) is 0.250. The van der Waals surface area contributed by atoms with Crippen LogP contribution >= 0.6 is 0 Å². The Morgan fingerprint density at radius 1 is 1.00 bits per heavy atom. The number of benzene rings is 1. The third-order valence-electron chi connectivity index (χ3n) is 4.01.